The van der Waals surface area contributed by atoms with Gasteiger partial charge in [-0.3, -0.25) is 4.79 Å². The van der Waals surface area contributed by atoms with Gasteiger partial charge in [0.15, 0.2) is 5.69 Å². The highest BCUT2D eigenvalue weighted by Gasteiger charge is 2.34. The number of quaternary nitrogens is 1. The molecule has 2 aromatic rings. The van der Waals surface area contributed by atoms with Gasteiger partial charge in [-0.05, 0) is 18.6 Å². The Kier molecular flexibility index (Phi) is 4.84. The van der Waals surface area contributed by atoms with Crippen LogP contribution in [-0.2, 0) is 11.0 Å². The zero-order valence-electron chi connectivity index (χ0n) is 12.1. The van der Waals surface area contributed by atoms with Crippen molar-refractivity contribution in [2.45, 2.75) is 19.0 Å². The van der Waals surface area contributed by atoms with E-state index in [1.807, 2.05) is 0 Å². The predicted octanol–water partition coefficient (Wildman–Crippen LogP) is 2.83. The zero-order valence-corrected chi connectivity index (χ0v) is 12.1. The summed E-state index contributed by atoms with van der Waals surface area (Å²) < 4.78 is 38.4. The summed E-state index contributed by atoms with van der Waals surface area (Å²) in [5.41, 5.74) is -1.01. The lowest BCUT2D eigenvalue weighted by Crippen LogP contribution is -2.99. The van der Waals surface area contributed by atoms with Crippen molar-refractivity contribution in [3.05, 3.63) is 70.4 Å². The predicted molar refractivity (Wildman–Crippen MR) is 76.2 cm³/mol. The number of rotatable bonds is 4. The standard InChI is InChI=1S/C16H14F3NO3/c1-10(21)15(11-5-3-2-4-6-11)13-8-7-12(16(17,18)19)9-14(13)20(22)23/h2-9,15,20,22H,1H3/t15-/m1/s1. The van der Waals surface area contributed by atoms with Crippen LogP contribution in [-0.4, -0.2) is 11.0 Å². The molecule has 2 N–H and O–H groups in total. The molecular formula is C16H14F3NO3. The molecule has 0 saturated heterocycles. The Hall–Kier alpha value is -2.22. The molecule has 0 bridgehead atoms. The summed E-state index contributed by atoms with van der Waals surface area (Å²) in [6.45, 7) is 1.28. The molecule has 1 unspecified atom stereocenters. The smallest absolute Gasteiger partial charge is 0.416 e. The van der Waals surface area contributed by atoms with Crippen molar-refractivity contribution >= 4 is 11.5 Å². The molecule has 0 aliphatic heterocycles. The number of halogens is 3. The van der Waals surface area contributed by atoms with Crippen molar-refractivity contribution in [1.82, 2.24) is 0 Å². The van der Waals surface area contributed by atoms with Crippen molar-refractivity contribution in [3.63, 3.8) is 0 Å². The summed E-state index contributed by atoms with van der Waals surface area (Å²) in [7, 11) is 0. The molecule has 0 spiro atoms. The maximum atomic E-state index is 12.8. The molecule has 122 valence electrons. The fourth-order valence-corrected chi connectivity index (χ4v) is 2.45. The Morgan fingerprint density at radius 3 is 2.26 bits per heavy atom. The largest absolute Gasteiger partial charge is 0.595 e. The summed E-state index contributed by atoms with van der Waals surface area (Å²) in [5.74, 6) is -1.27. The molecule has 2 aromatic carbocycles. The third-order valence-electron chi connectivity index (χ3n) is 3.46. The Morgan fingerprint density at radius 2 is 1.78 bits per heavy atom. The molecule has 23 heavy (non-hydrogen) atoms. The summed E-state index contributed by atoms with van der Waals surface area (Å²) in [6.07, 6.45) is -4.65. The maximum Gasteiger partial charge on any atom is 0.416 e. The van der Waals surface area contributed by atoms with Crippen LogP contribution >= 0.6 is 0 Å². The Balaban J connectivity index is 2.62. The van der Waals surface area contributed by atoms with Crippen molar-refractivity contribution in [1.29, 1.82) is 0 Å². The molecule has 0 fully saturated rings. The van der Waals surface area contributed by atoms with Gasteiger partial charge in [0.1, 0.15) is 5.78 Å². The summed E-state index contributed by atoms with van der Waals surface area (Å²) in [4.78, 5) is 12.0. The van der Waals surface area contributed by atoms with Gasteiger partial charge in [-0.2, -0.15) is 18.4 Å². The fraction of sp³-hybridized carbons (Fsp3) is 0.188. The normalized spacial score (nSPS) is 14.3. The van der Waals surface area contributed by atoms with E-state index in [2.05, 4.69) is 0 Å². The molecule has 7 heteroatoms. The van der Waals surface area contributed by atoms with Gasteiger partial charge >= 0.3 is 6.18 Å². The molecule has 4 nitrogen and oxygen atoms in total. The van der Waals surface area contributed by atoms with Gasteiger partial charge in [-0.25, -0.2) is 5.21 Å². The van der Waals surface area contributed by atoms with Crippen LogP contribution in [0.25, 0.3) is 0 Å². The third kappa shape index (κ3) is 3.76. The molecule has 2 atom stereocenters. The van der Waals surface area contributed by atoms with E-state index in [9.17, 15) is 28.4 Å². The highest BCUT2D eigenvalue weighted by molar-refractivity contribution is 5.88. The topological polar surface area (TPSA) is 64.8 Å². The van der Waals surface area contributed by atoms with Crippen LogP contribution in [0.15, 0.2) is 48.5 Å². The van der Waals surface area contributed by atoms with Gasteiger partial charge in [0.05, 0.1) is 11.5 Å². The first-order chi connectivity index (χ1) is 10.7. The van der Waals surface area contributed by atoms with Crippen LogP contribution in [0, 0.1) is 5.21 Å². The number of alkyl halides is 3. The second-order valence-corrected chi connectivity index (χ2v) is 5.06. The summed E-state index contributed by atoms with van der Waals surface area (Å²) >= 11 is 0. The zero-order chi connectivity index (χ0) is 17.2. The molecule has 2 rings (SSSR count). The van der Waals surface area contributed by atoms with Gasteiger partial charge in [0, 0.05) is 11.6 Å². The molecule has 0 amide bonds. The molecule has 0 radical (unpaired) electrons. The van der Waals surface area contributed by atoms with E-state index in [0.717, 1.165) is 12.1 Å². The first-order valence-corrected chi connectivity index (χ1v) is 6.71. The molecule has 0 aliphatic carbocycles. The number of Topliss-reactive ketones (excluding diaryl/α,β-unsaturated/α-hetero) is 1. The van der Waals surface area contributed by atoms with Gasteiger partial charge in [0.2, 0.25) is 0 Å². The number of carbonyl (C=O) groups is 1. The quantitative estimate of drug-likeness (QED) is 0.850. The first kappa shape index (κ1) is 17.1. The molecule has 0 heterocycles. The lowest BCUT2D eigenvalue weighted by Gasteiger charge is -2.22. The van der Waals surface area contributed by atoms with Crippen LogP contribution in [0.4, 0.5) is 18.9 Å². The van der Waals surface area contributed by atoms with Gasteiger partial charge in [-0.1, -0.05) is 36.4 Å². The van der Waals surface area contributed by atoms with E-state index in [1.54, 1.807) is 30.3 Å². The minimum Gasteiger partial charge on any atom is -0.595 e. The number of nitrogens with one attached hydrogen (secondary N) is 1. The van der Waals surface area contributed by atoms with Gasteiger partial charge in [-0.15, -0.1) is 0 Å². The minimum absolute atomic E-state index is 0.0456. The van der Waals surface area contributed by atoms with E-state index in [0.29, 0.717) is 11.6 Å². The fourth-order valence-electron chi connectivity index (χ4n) is 2.45. The lowest BCUT2D eigenvalue weighted by molar-refractivity contribution is -0.991. The van der Waals surface area contributed by atoms with Crippen LogP contribution in [0.1, 0.15) is 29.5 Å². The third-order valence-corrected chi connectivity index (χ3v) is 3.46. The van der Waals surface area contributed by atoms with E-state index >= 15 is 0 Å². The van der Waals surface area contributed by atoms with Crippen molar-refractivity contribution < 1.29 is 28.4 Å². The van der Waals surface area contributed by atoms with Crippen molar-refractivity contribution in [2.75, 3.05) is 0 Å². The van der Waals surface area contributed by atoms with Crippen molar-refractivity contribution in [3.8, 4) is 0 Å². The number of ketones is 1. The minimum atomic E-state index is -4.65. The highest BCUT2D eigenvalue weighted by atomic mass is 19.4. The average molecular weight is 325 g/mol. The molecule has 0 saturated carbocycles. The Morgan fingerprint density at radius 1 is 1.17 bits per heavy atom. The Bertz CT molecular complexity index is 699. The van der Waals surface area contributed by atoms with Crippen LogP contribution in [0.2, 0.25) is 0 Å². The van der Waals surface area contributed by atoms with Crippen LogP contribution in [0.5, 0.6) is 0 Å². The Labute approximate surface area is 130 Å². The molecule has 0 aliphatic rings. The van der Waals surface area contributed by atoms with E-state index in [-0.39, 0.29) is 11.3 Å². The first-order valence-electron chi connectivity index (χ1n) is 6.71. The van der Waals surface area contributed by atoms with Crippen LogP contribution < -0.4 is 5.23 Å². The SMILES string of the molecule is CC(=O)[C@H](c1ccccc1)c1ccc(C(F)(F)F)cc1[NH+]([O-])O. The maximum absolute atomic E-state index is 12.8. The second kappa shape index (κ2) is 6.49. The number of benzene rings is 2. The number of carbonyl (C=O) groups excluding carboxylic acids is 1. The van der Waals surface area contributed by atoms with E-state index in [1.165, 1.54) is 6.92 Å². The van der Waals surface area contributed by atoms with Crippen LogP contribution in [0.3, 0.4) is 0 Å². The van der Waals surface area contributed by atoms with Crippen molar-refractivity contribution in [2.24, 2.45) is 0 Å². The monoisotopic (exact) mass is 325 g/mol. The lowest BCUT2D eigenvalue weighted by atomic mass is 9.86. The molecular weight excluding hydrogens is 311 g/mol. The van der Waals surface area contributed by atoms with Gasteiger partial charge in [0.25, 0.3) is 0 Å². The molecule has 0 aromatic heterocycles. The number of hydrogen-bond donors (Lipinski definition) is 2. The average Bonchev–Trinajstić information content (AvgIpc) is 2.47. The van der Waals surface area contributed by atoms with E-state index < -0.39 is 28.6 Å². The number of hydrogen-bond acceptors (Lipinski definition) is 3. The highest BCUT2D eigenvalue weighted by Crippen LogP contribution is 2.35. The second-order valence-electron chi connectivity index (χ2n) is 5.06. The summed E-state index contributed by atoms with van der Waals surface area (Å²) in [6, 6.07) is 10.8. The van der Waals surface area contributed by atoms with Gasteiger partial charge < -0.3 is 5.21 Å². The summed E-state index contributed by atoms with van der Waals surface area (Å²) in [5, 5.41) is 19.1. The van der Waals surface area contributed by atoms with E-state index in [4.69, 9.17) is 0 Å².